The van der Waals surface area contributed by atoms with Gasteiger partial charge in [-0.15, -0.1) is 0 Å². The van der Waals surface area contributed by atoms with E-state index in [2.05, 4.69) is 6.92 Å². The molecule has 1 unspecified atom stereocenters. The predicted molar refractivity (Wildman–Crippen MR) is 74.4 cm³/mol. The van der Waals surface area contributed by atoms with Crippen LogP contribution in [0.1, 0.15) is 71.1 Å². The first-order valence-corrected chi connectivity index (χ1v) is 7.70. The second kappa shape index (κ2) is 9.37. The zero-order chi connectivity index (χ0) is 13.2. The average molecular weight is 255 g/mol. The molecule has 1 saturated heterocycles. The number of piperidine rings is 1. The van der Waals surface area contributed by atoms with Gasteiger partial charge in [-0.1, -0.05) is 39.0 Å². The SMILES string of the molecule is CCCCCCCCC(=O)N1CCCCC1CO. The zero-order valence-corrected chi connectivity index (χ0v) is 11.9. The van der Waals surface area contributed by atoms with Crippen molar-refractivity contribution in [3.05, 3.63) is 0 Å². The van der Waals surface area contributed by atoms with Gasteiger partial charge < -0.3 is 10.0 Å². The van der Waals surface area contributed by atoms with Gasteiger partial charge >= 0.3 is 0 Å². The van der Waals surface area contributed by atoms with E-state index in [1.54, 1.807) is 0 Å². The van der Waals surface area contributed by atoms with E-state index in [-0.39, 0.29) is 18.6 Å². The molecule has 106 valence electrons. The number of aliphatic hydroxyl groups is 1. The van der Waals surface area contributed by atoms with E-state index < -0.39 is 0 Å². The third-order valence-electron chi connectivity index (χ3n) is 3.90. The largest absolute Gasteiger partial charge is 0.394 e. The standard InChI is InChI=1S/C15H29NO2/c1-2-3-4-5-6-7-11-15(18)16-12-9-8-10-14(16)13-17/h14,17H,2-13H2,1H3. The summed E-state index contributed by atoms with van der Waals surface area (Å²) < 4.78 is 0. The van der Waals surface area contributed by atoms with E-state index in [9.17, 15) is 9.90 Å². The van der Waals surface area contributed by atoms with Crippen molar-refractivity contribution in [2.75, 3.05) is 13.2 Å². The van der Waals surface area contributed by atoms with Crippen molar-refractivity contribution in [1.29, 1.82) is 0 Å². The van der Waals surface area contributed by atoms with Crippen molar-refractivity contribution in [2.45, 2.75) is 77.2 Å². The van der Waals surface area contributed by atoms with Crippen molar-refractivity contribution in [3.8, 4) is 0 Å². The van der Waals surface area contributed by atoms with Gasteiger partial charge in [0, 0.05) is 13.0 Å². The number of nitrogens with zero attached hydrogens (tertiary/aromatic N) is 1. The number of rotatable bonds is 8. The van der Waals surface area contributed by atoms with Crippen LogP contribution in [-0.2, 0) is 4.79 Å². The van der Waals surface area contributed by atoms with E-state index in [0.717, 1.165) is 32.2 Å². The molecule has 18 heavy (non-hydrogen) atoms. The van der Waals surface area contributed by atoms with Crippen LogP contribution in [0.2, 0.25) is 0 Å². The second-order valence-electron chi connectivity index (χ2n) is 5.44. The summed E-state index contributed by atoms with van der Waals surface area (Å²) in [6.07, 6.45) is 11.2. The molecule has 1 heterocycles. The molecular formula is C15H29NO2. The molecule has 1 atom stereocenters. The normalized spacial score (nSPS) is 20.1. The third kappa shape index (κ3) is 5.38. The topological polar surface area (TPSA) is 40.5 Å². The van der Waals surface area contributed by atoms with Crippen LogP contribution in [0.25, 0.3) is 0 Å². The van der Waals surface area contributed by atoms with E-state index in [1.165, 1.54) is 32.1 Å². The maximum atomic E-state index is 12.1. The monoisotopic (exact) mass is 255 g/mol. The Morgan fingerprint density at radius 1 is 1.17 bits per heavy atom. The molecule has 1 rings (SSSR count). The van der Waals surface area contributed by atoms with Crippen molar-refractivity contribution in [2.24, 2.45) is 0 Å². The maximum Gasteiger partial charge on any atom is 0.222 e. The number of unbranched alkanes of at least 4 members (excludes halogenated alkanes) is 5. The highest BCUT2D eigenvalue weighted by atomic mass is 16.3. The van der Waals surface area contributed by atoms with Crippen LogP contribution in [0.5, 0.6) is 0 Å². The minimum atomic E-state index is 0.0892. The molecule has 1 aliphatic rings. The Morgan fingerprint density at radius 3 is 2.61 bits per heavy atom. The third-order valence-corrected chi connectivity index (χ3v) is 3.90. The summed E-state index contributed by atoms with van der Waals surface area (Å²) in [4.78, 5) is 14.0. The number of likely N-dealkylation sites (tertiary alicyclic amines) is 1. The number of aliphatic hydroxyl groups excluding tert-OH is 1. The summed E-state index contributed by atoms with van der Waals surface area (Å²) in [6.45, 7) is 3.19. The number of carbonyl (C=O) groups is 1. The number of hydrogen-bond acceptors (Lipinski definition) is 2. The van der Waals surface area contributed by atoms with Gasteiger partial charge in [-0.25, -0.2) is 0 Å². The lowest BCUT2D eigenvalue weighted by molar-refractivity contribution is -0.136. The highest BCUT2D eigenvalue weighted by molar-refractivity contribution is 5.76. The molecule has 1 N–H and O–H groups in total. The molecule has 0 saturated carbocycles. The van der Waals surface area contributed by atoms with Gasteiger partial charge in [0.1, 0.15) is 0 Å². The maximum absolute atomic E-state index is 12.1. The molecule has 3 heteroatoms. The van der Waals surface area contributed by atoms with Gasteiger partial charge in [-0.2, -0.15) is 0 Å². The number of amides is 1. The van der Waals surface area contributed by atoms with Gasteiger partial charge in [-0.05, 0) is 25.7 Å². The highest BCUT2D eigenvalue weighted by Crippen LogP contribution is 2.18. The Bertz CT molecular complexity index is 231. The smallest absolute Gasteiger partial charge is 0.222 e. The quantitative estimate of drug-likeness (QED) is 0.677. The van der Waals surface area contributed by atoms with Gasteiger partial charge in [0.15, 0.2) is 0 Å². The molecule has 1 aliphatic heterocycles. The Kier molecular flexibility index (Phi) is 8.06. The van der Waals surface area contributed by atoms with E-state index in [0.29, 0.717) is 6.42 Å². The molecule has 1 amide bonds. The number of hydrogen-bond donors (Lipinski definition) is 1. The molecule has 3 nitrogen and oxygen atoms in total. The minimum absolute atomic E-state index is 0.0892. The van der Waals surface area contributed by atoms with Crippen LogP contribution >= 0.6 is 0 Å². The van der Waals surface area contributed by atoms with Crippen LogP contribution in [0, 0.1) is 0 Å². The minimum Gasteiger partial charge on any atom is -0.394 e. The van der Waals surface area contributed by atoms with E-state index in [1.807, 2.05) is 4.90 Å². The summed E-state index contributed by atoms with van der Waals surface area (Å²) in [5.74, 6) is 0.254. The first kappa shape index (κ1) is 15.5. The Labute approximate surface area is 112 Å². The number of carbonyl (C=O) groups excluding carboxylic acids is 1. The molecule has 0 aliphatic carbocycles. The first-order valence-electron chi connectivity index (χ1n) is 7.70. The van der Waals surface area contributed by atoms with Crippen LogP contribution in [0.4, 0.5) is 0 Å². The highest BCUT2D eigenvalue weighted by Gasteiger charge is 2.25. The summed E-state index contributed by atoms with van der Waals surface area (Å²) in [7, 11) is 0. The lowest BCUT2D eigenvalue weighted by atomic mass is 10.0. The molecule has 0 spiro atoms. The summed E-state index contributed by atoms with van der Waals surface area (Å²) in [6, 6.07) is 0.0892. The van der Waals surface area contributed by atoms with Crippen molar-refractivity contribution >= 4 is 5.91 Å². The molecule has 1 fully saturated rings. The van der Waals surface area contributed by atoms with Crippen LogP contribution in [0.15, 0.2) is 0 Å². The fraction of sp³-hybridized carbons (Fsp3) is 0.933. The Balaban J connectivity index is 2.14. The molecule has 0 aromatic carbocycles. The second-order valence-corrected chi connectivity index (χ2v) is 5.44. The van der Waals surface area contributed by atoms with Crippen LogP contribution in [0.3, 0.4) is 0 Å². The Hall–Kier alpha value is -0.570. The lowest BCUT2D eigenvalue weighted by Gasteiger charge is -2.34. The summed E-state index contributed by atoms with van der Waals surface area (Å²) in [5.41, 5.74) is 0. The fourth-order valence-electron chi connectivity index (χ4n) is 2.72. The molecule has 0 bridgehead atoms. The average Bonchev–Trinajstić information content (AvgIpc) is 2.42. The van der Waals surface area contributed by atoms with Gasteiger partial charge in [-0.3, -0.25) is 4.79 Å². The van der Waals surface area contributed by atoms with E-state index in [4.69, 9.17) is 0 Å². The fourth-order valence-corrected chi connectivity index (χ4v) is 2.72. The van der Waals surface area contributed by atoms with Crippen molar-refractivity contribution in [1.82, 2.24) is 4.90 Å². The summed E-state index contributed by atoms with van der Waals surface area (Å²) >= 11 is 0. The molecule has 0 aromatic rings. The molecular weight excluding hydrogens is 226 g/mol. The zero-order valence-electron chi connectivity index (χ0n) is 11.9. The van der Waals surface area contributed by atoms with Gasteiger partial charge in [0.25, 0.3) is 0 Å². The van der Waals surface area contributed by atoms with Gasteiger partial charge in [0.2, 0.25) is 5.91 Å². The summed E-state index contributed by atoms with van der Waals surface area (Å²) in [5, 5.41) is 9.29. The van der Waals surface area contributed by atoms with Crippen LogP contribution in [-0.4, -0.2) is 35.1 Å². The molecule has 0 radical (unpaired) electrons. The first-order chi connectivity index (χ1) is 8.79. The predicted octanol–water partition coefficient (Wildman–Crippen LogP) is 3.11. The van der Waals surface area contributed by atoms with E-state index >= 15 is 0 Å². The van der Waals surface area contributed by atoms with Crippen molar-refractivity contribution < 1.29 is 9.90 Å². The molecule has 0 aromatic heterocycles. The van der Waals surface area contributed by atoms with Gasteiger partial charge in [0.05, 0.1) is 12.6 Å². The Morgan fingerprint density at radius 2 is 1.89 bits per heavy atom. The van der Waals surface area contributed by atoms with Crippen LogP contribution < -0.4 is 0 Å². The lowest BCUT2D eigenvalue weighted by Crippen LogP contribution is -2.45. The van der Waals surface area contributed by atoms with Crippen molar-refractivity contribution in [3.63, 3.8) is 0 Å².